The minimum atomic E-state index is -0.776. The van der Waals surface area contributed by atoms with Gasteiger partial charge >= 0.3 is 5.97 Å². The molecule has 7 heteroatoms. The number of esters is 1. The van der Waals surface area contributed by atoms with Crippen molar-refractivity contribution in [3.63, 3.8) is 0 Å². The van der Waals surface area contributed by atoms with E-state index in [2.05, 4.69) is 15.5 Å². The molecule has 0 aliphatic rings. The molecule has 0 saturated carbocycles. The zero-order valence-electron chi connectivity index (χ0n) is 15.9. The average Bonchev–Trinajstić information content (AvgIpc) is 2.68. The number of amides is 1. The lowest BCUT2D eigenvalue weighted by atomic mass is 10.0. The second-order valence-corrected chi connectivity index (χ2v) is 6.66. The first-order valence-corrected chi connectivity index (χ1v) is 8.88. The fraction of sp³-hybridized carbons (Fsp3) is 0.238. The molecule has 7 nitrogen and oxygen atoms in total. The van der Waals surface area contributed by atoms with Gasteiger partial charge in [-0.15, -0.1) is 0 Å². The van der Waals surface area contributed by atoms with Crippen molar-refractivity contribution in [2.75, 3.05) is 6.61 Å². The van der Waals surface area contributed by atoms with Crippen LogP contribution in [0.2, 0.25) is 0 Å². The number of aromatic amines is 1. The Labute approximate surface area is 161 Å². The van der Waals surface area contributed by atoms with E-state index in [1.165, 1.54) is 5.56 Å². The van der Waals surface area contributed by atoms with Gasteiger partial charge in [0.2, 0.25) is 0 Å². The van der Waals surface area contributed by atoms with Crippen molar-refractivity contribution in [3.05, 3.63) is 75.2 Å². The van der Waals surface area contributed by atoms with E-state index in [1.54, 1.807) is 24.3 Å². The largest absolute Gasteiger partial charge is 0.451 e. The third-order valence-electron chi connectivity index (χ3n) is 4.63. The van der Waals surface area contributed by atoms with Crippen LogP contribution in [0.1, 0.15) is 40.1 Å². The van der Waals surface area contributed by atoms with E-state index < -0.39 is 24.0 Å². The smallest absolute Gasteiger partial charge is 0.359 e. The predicted octanol–water partition coefficient (Wildman–Crippen LogP) is 2.57. The van der Waals surface area contributed by atoms with Crippen LogP contribution in [0, 0.1) is 13.8 Å². The first-order valence-electron chi connectivity index (χ1n) is 8.88. The highest BCUT2D eigenvalue weighted by atomic mass is 16.5. The lowest BCUT2D eigenvalue weighted by Gasteiger charge is -2.15. The Hall–Kier alpha value is -3.48. The highest BCUT2D eigenvalue weighted by molar-refractivity contribution is 6.02. The van der Waals surface area contributed by atoms with E-state index in [0.717, 1.165) is 11.1 Å². The van der Waals surface area contributed by atoms with E-state index in [1.807, 2.05) is 39.0 Å². The first kappa shape index (κ1) is 19.3. The van der Waals surface area contributed by atoms with Gasteiger partial charge in [0.05, 0.1) is 11.4 Å². The number of hydrogen-bond acceptors (Lipinski definition) is 5. The summed E-state index contributed by atoms with van der Waals surface area (Å²) in [5.41, 5.74) is 2.85. The molecule has 0 spiro atoms. The highest BCUT2D eigenvalue weighted by Gasteiger charge is 2.18. The number of aromatic nitrogens is 2. The normalized spacial score (nSPS) is 11.8. The predicted molar refractivity (Wildman–Crippen MR) is 105 cm³/mol. The summed E-state index contributed by atoms with van der Waals surface area (Å²) >= 11 is 0. The minimum absolute atomic E-state index is 0.0368. The first-order chi connectivity index (χ1) is 13.4. The lowest BCUT2D eigenvalue weighted by molar-refractivity contribution is -0.124. The van der Waals surface area contributed by atoms with Crippen molar-refractivity contribution >= 4 is 22.6 Å². The average molecular weight is 379 g/mol. The van der Waals surface area contributed by atoms with Gasteiger partial charge in [-0.2, -0.15) is 5.10 Å². The Kier molecular flexibility index (Phi) is 5.54. The molecule has 0 fully saturated rings. The molecule has 0 bridgehead atoms. The van der Waals surface area contributed by atoms with Gasteiger partial charge in [-0.05, 0) is 43.5 Å². The Morgan fingerprint density at radius 1 is 1.11 bits per heavy atom. The summed E-state index contributed by atoms with van der Waals surface area (Å²) in [6.45, 7) is 5.46. The fourth-order valence-electron chi connectivity index (χ4n) is 2.87. The molecule has 0 aliphatic heterocycles. The molecule has 1 atom stereocenters. The number of ether oxygens (including phenoxy) is 1. The van der Waals surface area contributed by atoms with Crippen LogP contribution in [0.15, 0.2) is 47.3 Å². The Balaban J connectivity index is 1.65. The summed E-state index contributed by atoms with van der Waals surface area (Å²) in [5, 5.41) is 9.54. The molecule has 0 aliphatic carbocycles. The van der Waals surface area contributed by atoms with Gasteiger partial charge in [0, 0.05) is 5.39 Å². The molecule has 2 N–H and O–H groups in total. The van der Waals surface area contributed by atoms with E-state index in [9.17, 15) is 14.4 Å². The number of aryl methyl sites for hydroxylation is 2. The number of fused-ring (bicyclic) bond motifs is 1. The van der Waals surface area contributed by atoms with E-state index >= 15 is 0 Å². The van der Waals surface area contributed by atoms with E-state index in [-0.39, 0.29) is 11.7 Å². The number of H-pyrrole nitrogens is 1. The molecule has 144 valence electrons. The summed E-state index contributed by atoms with van der Waals surface area (Å²) in [6, 6.07) is 12.3. The third kappa shape index (κ3) is 4.09. The van der Waals surface area contributed by atoms with Crippen LogP contribution < -0.4 is 10.9 Å². The Morgan fingerprint density at radius 3 is 2.54 bits per heavy atom. The summed E-state index contributed by atoms with van der Waals surface area (Å²) in [7, 11) is 0. The fourth-order valence-corrected chi connectivity index (χ4v) is 2.87. The highest BCUT2D eigenvalue weighted by Crippen LogP contribution is 2.17. The van der Waals surface area contributed by atoms with Crippen LogP contribution in [0.25, 0.3) is 10.8 Å². The lowest BCUT2D eigenvalue weighted by Crippen LogP contribution is -2.31. The molecule has 0 saturated heterocycles. The van der Waals surface area contributed by atoms with Crippen LogP contribution in [-0.2, 0) is 9.53 Å². The molecule has 0 radical (unpaired) electrons. The molecule has 28 heavy (non-hydrogen) atoms. The number of carbonyl (C=O) groups excluding carboxylic acids is 2. The van der Waals surface area contributed by atoms with Crippen LogP contribution in [0.3, 0.4) is 0 Å². The van der Waals surface area contributed by atoms with Crippen molar-refractivity contribution in [2.45, 2.75) is 26.8 Å². The monoisotopic (exact) mass is 379 g/mol. The van der Waals surface area contributed by atoms with Crippen LogP contribution in [0.5, 0.6) is 0 Å². The molecule has 1 aromatic heterocycles. The maximum Gasteiger partial charge on any atom is 0.359 e. The second kappa shape index (κ2) is 8.04. The SMILES string of the molecule is Cc1ccc([C@@H](C)NC(=O)COC(=O)c2n[nH]c(=O)c3ccccc23)cc1C. The van der Waals surface area contributed by atoms with Gasteiger partial charge in [0.25, 0.3) is 11.5 Å². The minimum Gasteiger partial charge on any atom is -0.451 e. The number of nitrogens with zero attached hydrogens (tertiary/aromatic N) is 1. The van der Waals surface area contributed by atoms with Gasteiger partial charge in [-0.1, -0.05) is 36.4 Å². The molecule has 3 rings (SSSR count). The maximum atomic E-state index is 12.3. The van der Waals surface area contributed by atoms with Gasteiger partial charge in [-0.25, -0.2) is 9.89 Å². The van der Waals surface area contributed by atoms with Gasteiger partial charge in [0.15, 0.2) is 12.3 Å². The number of rotatable bonds is 5. The number of carbonyl (C=O) groups is 2. The molecular formula is C21H21N3O4. The zero-order chi connectivity index (χ0) is 20.3. The Bertz CT molecular complexity index is 1100. The van der Waals surface area contributed by atoms with Crippen LogP contribution in [-0.4, -0.2) is 28.7 Å². The summed E-state index contributed by atoms with van der Waals surface area (Å²) in [6.07, 6.45) is 0. The molecular weight excluding hydrogens is 358 g/mol. The van der Waals surface area contributed by atoms with Crippen LogP contribution >= 0.6 is 0 Å². The Morgan fingerprint density at radius 2 is 1.82 bits per heavy atom. The van der Waals surface area contributed by atoms with Crippen LogP contribution in [0.4, 0.5) is 0 Å². The summed E-state index contributed by atoms with van der Waals surface area (Å²) in [5.74, 6) is -1.20. The number of benzene rings is 2. The van der Waals surface area contributed by atoms with Crippen molar-refractivity contribution in [2.24, 2.45) is 0 Å². The van der Waals surface area contributed by atoms with E-state index in [0.29, 0.717) is 10.8 Å². The number of hydrogen-bond donors (Lipinski definition) is 2. The quantitative estimate of drug-likeness (QED) is 0.664. The van der Waals surface area contributed by atoms with Gasteiger partial charge in [0.1, 0.15) is 0 Å². The number of nitrogens with one attached hydrogen (secondary N) is 2. The molecule has 1 heterocycles. The second-order valence-electron chi connectivity index (χ2n) is 6.66. The topological polar surface area (TPSA) is 101 Å². The van der Waals surface area contributed by atoms with Crippen molar-refractivity contribution < 1.29 is 14.3 Å². The maximum absolute atomic E-state index is 12.3. The standard InChI is InChI=1S/C21H21N3O4/c1-12-8-9-15(10-13(12)2)14(3)22-18(25)11-28-21(27)19-16-6-4-5-7-17(16)20(26)24-23-19/h4-10,14H,11H2,1-3H3,(H,22,25)(H,24,26)/t14-/m1/s1. The molecule has 0 unspecified atom stereocenters. The third-order valence-corrected chi connectivity index (χ3v) is 4.63. The van der Waals surface area contributed by atoms with E-state index in [4.69, 9.17) is 4.74 Å². The van der Waals surface area contributed by atoms with Gasteiger partial charge in [-0.3, -0.25) is 9.59 Å². The molecule has 2 aromatic carbocycles. The summed E-state index contributed by atoms with van der Waals surface area (Å²) < 4.78 is 5.08. The van der Waals surface area contributed by atoms with Crippen molar-refractivity contribution in [3.8, 4) is 0 Å². The van der Waals surface area contributed by atoms with Crippen molar-refractivity contribution in [1.82, 2.24) is 15.5 Å². The molecule has 3 aromatic rings. The van der Waals surface area contributed by atoms with Crippen molar-refractivity contribution in [1.29, 1.82) is 0 Å². The zero-order valence-corrected chi connectivity index (χ0v) is 15.9. The summed E-state index contributed by atoms with van der Waals surface area (Å²) in [4.78, 5) is 36.3. The molecule has 1 amide bonds. The van der Waals surface area contributed by atoms with Gasteiger partial charge < -0.3 is 10.1 Å².